The molecule has 0 N–H and O–H groups in total. The van der Waals surface area contributed by atoms with Gasteiger partial charge in [0, 0.05) is 18.2 Å². The number of nitriles is 1. The molecular weight excluding hydrogens is 226 g/mol. The quantitative estimate of drug-likeness (QED) is 0.818. The number of rotatable bonds is 3. The lowest BCUT2D eigenvalue weighted by molar-refractivity contribution is 0.248. The van der Waals surface area contributed by atoms with E-state index >= 15 is 0 Å². The molecule has 0 bridgehead atoms. The van der Waals surface area contributed by atoms with Gasteiger partial charge in [0.2, 0.25) is 0 Å². The fourth-order valence-corrected chi connectivity index (χ4v) is 2.45. The second-order valence-corrected chi connectivity index (χ2v) is 4.73. The van der Waals surface area contributed by atoms with Gasteiger partial charge in [0.05, 0.1) is 6.61 Å². The lowest BCUT2D eigenvalue weighted by Gasteiger charge is -2.29. The Morgan fingerprint density at radius 3 is 3.06 bits per heavy atom. The van der Waals surface area contributed by atoms with Crippen LogP contribution in [0, 0.1) is 11.3 Å². The van der Waals surface area contributed by atoms with Gasteiger partial charge in [0.25, 0.3) is 0 Å². The van der Waals surface area contributed by atoms with Crippen molar-refractivity contribution < 1.29 is 4.74 Å². The first kappa shape index (κ1) is 12.8. The van der Waals surface area contributed by atoms with Crippen molar-refractivity contribution in [3.8, 4) is 11.8 Å². The van der Waals surface area contributed by atoms with Gasteiger partial charge in [-0.2, -0.15) is 5.26 Å². The van der Waals surface area contributed by atoms with Crippen LogP contribution in [0.25, 0.3) is 0 Å². The molecular formula is C14H19N3O. The van der Waals surface area contributed by atoms with Gasteiger partial charge in [-0.05, 0) is 45.5 Å². The Hall–Kier alpha value is -1.60. The molecule has 1 aromatic rings. The summed E-state index contributed by atoms with van der Waals surface area (Å²) in [7, 11) is 2.13. The smallest absolute Gasteiger partial charge is 0.182 e. The zero-order chi connectivity index (χ0) is 13.0. The fourth-order valence-electron chi connectivity index (χ4n) is 2.45. The topological polar surface area (TPSA) is 49.1 Å². The Labute approximate surface area is 108 Å². The highest BCUT2D eigenvalue weighted by Crippen LogP contribution is 2.27. The van der Waals surface area contributed by atoms with Crippen LogP contribution in [0.3, 0.4) is 0 Å². The highest BCUT2D eigenvalue weighted by molar-refractivity contribution is 5.39. The minimum atomic E-state index is 0.405. The summed E-state index contributed by atoms with van der Waals surface area (Å²) in [5.74, 6) is 1.03. The first-order valence-electron chi connectivity index (χ1n) is 6.47. The van der Waals surface area contributed by atoms with Gasteiger partial charge in [-0.1, -0.05) is 0 Å². The molecule has 0 aromatic carbocycles. The van der Waals surface area contributed by atoms with E-state index in [1.54, 1.807) is 0 Å². The summed E-state index contributed by atoms with van der Waals surface area (Å²) in [6, 6.07) is 5.99. The summed E-state index contributed by atoms with van der Waals surface area (Å²) in [6.45, 7) is 4.64. The summed E-state index contributed by atoms with van der Waals surface area (Å²) in [5, 5.41) is 9.12. The third-order valence-corrected chi connectivity index (χ3v) is 3.33. The van der Waals surface area contributed by atoms with Crippen LogP contribution in [0.1, 0.15) is 37.1 Å². The minimum Gasteiger partial charge on any atom is -0.491 e. The second-order valence-electron chi connectivity index (χ2n) is 4.73. The number of ether oxygens (including phenoxy) is 1. The normalized spacial score (nSPS) is 20.4. The molecule has 1 atom stereocenters. The maximum absolute atomic E-state index is 9.12. The molecule has 1 fully saturated rings. The first-order chi connectivity index (χ1) is 8.74. The number of nitrogens with zero attached hydrogens (tertiary/aromatic N) is 3. The molecule has 1 aromatic heterocycles. The van der Waals surface area contributed by atoms with Crippen molar-refractivity contribution in [1.82, 2.24) is 9.88 Å². The van der Waals surface area contributed by atoms with E-state index in [4.69, 9.17) is 10.00 Å². The Balaban J connectivity index is 2.21. The average Bonchev–Trinajstić information content (AvgIpc) is 2.39. The van der Waals surface area contributed by atoms with E-state index in [9.17, 15) is 0 Å². The SMILES string of the molecule is CCOc1ccc(C2CCCN(C)C2)nc1C#N. The minimum absolute atomic E-state index is 0.405. The summed E-state index contributed by atoms with van der Waals surface area (Å²) >= 11 is 0. The van der Waals surface area contributed by atoms with Crippen LogP contribution >= 0.6 is 0 Å². The van der Waals surface area contributed by atoms with E-state index in [0.717, 1.165) is 25.2 Å². The molecule has 0 radical (unpaired) electrons. The molecule has 0 amide bonds. The molecule has 0 spiro atoms. The van der Waals surface area contributed by atoms with E-state index in [2.05, 4.69) is 23.0 Å². The molecule has 0 saturated carbocycles. The Morgan fingerprint density at radius 2 is 2.39 bits per heavy atom. The van der Waals surface area contributed by atoms with Gasteiger partial charge in [-0.15, -0.1) is 0 Å². The Morgan fingerprint density at radius 1 is 1.56 bits per heavy atom. The van der Waals surface area contributed by atoms with Crippen molar-refractivity contribution in [2.75, 3.05) is 26.7 Å². The molecule has 2 rings (SSSR count). The summed E-state index contributed by atoms with van der Waals surface area (Å²) < 4.78 is 5.40. The van der Waals surface area contributed by atoms with Crippen molar-refractivity contribution in [2.24, 2.45) is 0 Å². The predicted molar refractivity (Wildman–Crippen MR) is 69.6 cm³/mol. The average molecular weight is 245 g/mol. The van der Waals surface area contributed by atoms with Crippen molar-refractivity contribution in [3.05, 3.63) is 23.5 Å². The Kier molecular flexibility index (Phi) is 4.16. The van der Waals surface area contributed by atoms with E-state index < -0.39 is 0 Å². The number of pyridine rings is 1. The van der Waals surface area contributed by atoms with E-state index in [1.165, 1.54) is 6.42 Å². The lowest BCUT2D eigenvalue weighted by Crippen LogP contribution is -2.31. The van der Waals surface area contributed by atoms with Crippen molar-refractivity contribution in [1.29, 1.82) is 5.26 Å². The molecule has 1 saturated heterocycles. The molecule has 18 heavy (non-hydrogen) atoms. The monoisotopic (exact) mass is 245 g/mol. The van der Waals surface area contributed by atoms with Crippen LogP contribution in [0.5, 0.6) is 5.75 Å². The molecule has 1 unspecified atom stereocenters. The summed E-state index contributed by atoms with van der Waals surface area (Å²) in [5.41, 5.74) is 1.42. The highest BCUT2D eigenvalue weighted by Gasteiger charge is 2.21. The molecule has 1 aliphatic heterocycles. The number of likely N-dealkylation sites (tertiary alicyclic amines) is 1. The lowest BCUT2D eigenvalue weighted by atomic mass is 9.94. The Bertz CT molecular complexity index is 453. The predicted octanol–water partition coefficient (Wildman–Crippen LogP) is 2.16. The van der Waals surface area contributed by atoms with Crippen LogP contribution in [-0.2, 0) is 0 Å². The van der Waals surface area contributed by atoms with Crippen molar-refractivity contribution in [2.45, 2.75) is 25.7 Å². The number of piperidine rings is 1. The van der Waals surface area contributed by atoms with Crippen LogP contribution < -0.4 is 4.74 Å². The third kappa shape index (κ3) is 2.80. The van der Waals surface area contributed by atoms with Crippen molar-refractivity contribution in [3.63, 3.8) is 0 Å². The van der Waals surface area contributed by atoms with E-state index in [-0.39, 0.29) is 0 Å². The first-order valence-corrected chi connectivity index (χ1v) is 6.47. The molecule has 96 valence electrons. The van der Waals surface area contributed by atoms with Gasteiger partial charge < -0.3 is 9.64 Å². The fraction of sp³-hybridized carbons (Fsp3) is 0.571. The van der Waals surface area contributed by atoms with E-state index in [1.807, 2.05) is 19.1 Å². The van der Waals surface area contributed by atoms with Gasteiger partial charge in [-0.25, -0.2) is 4.98 Å². The van der Waals surface area contributed by atoms with E-state index in [0.29, 0.717) is 24.0 Å². The number of hydrogen-bond donors (Lipinski definition) is 0. The highest BCUT2D eigenvalue weighted by atomic mass is 16.5. The maximum Gasteiger partial charge on any atom is 0.182 e. The van der Waals surface area contributed by atoms with Gasteiger partial charge in [-0.3, -0.25) is 0 Å². The molecule has 1 aliphatic rings. The maximum atomic E-state index is 9.12. The number of hydrogen-bond acceptors (Lipinski definition) is 4. The standard InChI is InChI=1S/C14H19N3O/c1-3-18-14-7-6-12(16-13(14)9-15)11-5-4-8-17(2)10-11/h6-7,11H,3-5,8,10H2,1-2H3. The zero-order valence-electron chi connectivity index (χ0n) is 11.0. The van der Waals surface area contributed by atoms with Crippen LogP contribution in [0.2, 0.25) is 0 Å². The van der Waals surface area contributed by atoms with Crippen LogP contribution in [-0.4, -0.2) is 36.6 Å². The number of aromatic nitrogens is 1. The molecule has 4 heteroatoms. The van der Waals surface area contributed by atoms with Gasteiger partial charge in [0.15, 0.2) is 11.4 Å². The van der Waals surface area contributed by atoms with Crippen LogP contribution in [0.4, 0.5) is 0 Å². The van der Waals surface area contributed by atoms with Gasteiger partial charge >= 0.3 is 0 Å². The molecule has 0 aliphatic carbocycles. The molecule has 2 heterocycles. The second kappa shape index (κ2) is 5.83. The summed E-state index contributed by atoms with van der Waals surface area (Å²) in [4.78, 5) is 6.77. The largest absolute Gasteiger partial charge is 0.491 e. The summed E-state index contributed by atoms with van der Waals surface area (Å²) in [6.07, 6.45) is 2.34. The number of likely N-dealkylation sites (N-methyl/N-ethyl adjacent to an activating group) is 1. The molecule has 4 nitrogen and oxygen atoms in total. The third-order valence-electron chi connectivity index (χ3n) is 3.33. The zero-order valence-corrected chi connectivity index (χ0v) is 11.0. The van der Waals surface area contributed by atoms with Gasteiger partial charge in [0.1, 0.15) is 6.07 Å². The van der Waals surface area contributed by atoms with Crippen molar-refractivity contribution >= 4 is 0 Å². The van der Waals surface area contributed by atoms with Crippen LogP contribution in [0.15, 0.2) is 12.1 Å².